The van der Waals surface area contributed by atoms with Gasteiger partial charge in [-0.25, -0.2) is 4.79 Å². The van der Waals surface area contributed by atoms with Gasteiger partial charge in [-0.15, -0.1) is 0 Å². The highest BCUT2D eigenvalue weighted by Gasteiger charge is 2.15. The summed E-state index contributed by atoms with van der Waals surface area (Å²) in [5, 5.41) is 12.8. The fraction of sp³-hybridized carbons (Fsp3) is 0.333. The molecule has 0 aliphatic rings. The van der Waals surface area contributed by atoms with Crippen molar-refractivity contribution in [2.75, 3.05) is 0 Å². The maximum Gasteiger partial charge on any atom is 0.352 e. The van der Waals surface area contributed by atoms with Crippen molar-refractivity contribution in [3.05, 3.63) is 35.2 Å². The van der Waals surface area contributed by atoms with E-state index in [2.05, 4.69) is 10.1 Å². The molecule has 2 aromatic heterocycles. The Hall–Kier alpha value is -2.44. The third-order valence-corrected chi connectivity index (χ3v) is 2.67. The first-order chi connectivity index (χ1) is 8.97. The van der Waals surface area contributed by atoms with Crippen LogP contribution in [0.4, 0.5) is 0 Å². The van der Waals surface area contributed by atoms with E-state index >= 15 is 0 Å². The van der Waals surface area contributed by atoms with Crippen molar-refractivity contribution in [3.63, 3.8) is 0 Å². The molecular formula is C12H13N3O4. The first kappa shape index (κ1) is 13.0. The molecule has 2 heterocycles. The number of hydrogen-bond donors (Lipinski definition) is 1. The third-order valence-electron chi connectivity index (χ3n) is 2.67. The molecule has 0 aliphatic heterocycles. The summed E-state index contributed by atoms with van der Waals surface area (Å²) in [6.45, 7) is 3.45. The van der Waals surface area contributed by atoms with E-state index in [-0.39, 0.29) is 11.5 Å². The fourth-order valence-corrected chi connectivity index (χ4v) is 1.73. The van der Waals surface area contributed by atoms with Gasteiger partial charge in [0.15, 0.2) is 11.6 Å². The van der Waals surface area contributed by atoms with Crippen LogP contribution in [0.15, 0.2) is 16.8 Å². The van der Waals surface area contributed by atoms with Gasteiger partial charge in [-0.1, -0.05) is 5.16 Å². The number of aryl methyl sites for hydroxylation is 3. The van der Waals surface area contributed by atoms with Crippen LogP contribution in [0.25, 0.3) is 0 Å². The Morgan fingerprint density at radius 1 is 1.47 bits per heavy atom. The van der Waals surface area contributed by atoms with Crippen LogP contribution >= 0.6 is 0 Å². The number of aromatic nitrogens is 3. The van der Waals surface area contributed by atoms with E-state index in [9.17, 15) is 9.59 Å². The first-order valence-corrected chi connectivity index (χ1v) is 5.71. The van der Waals surface area contributed by atoms with Gasteiger partial charge in [-0.3, -0.25) is 4.79 Å². The highest BCUT2D eigenvalue weighted by Crippen LogP contribution is 2.11. The molecule has 7 heteroatoms. The summed E-state index contributed by atoms with van der Waals surface area (Å²) in [4.78, 5) is 26.4. The Morgan fingerprint density at radius 3 is 2.74 bits per heavy atom. The van der Waals surface area contributed by atoms with Crippen LogP contribution in [-0.2, 0) is 13.0 Å². The van der Waals surface area contributed by atoms with Crippen LogP contribution in [0.5, 0.6) is 0 Å². The number of aromatic carboxylic acids is 1. The topological polar surface area (TPSA) is 98.2 Å². The van der Waals surface area contributed by atoms with E-state index < -0.39 is 5.97 Å². The van der Waals surface area contributed by atoms with E-state index in [0.29, 0.717) is 30.2 Å². The molecule has 100 valence electrons. The average Bonchev–Trinajstić information content (AvgIpc) is 2.92. The molecule has 0 amide bonds. The van der Waals surface area contributed by atoms with E-state index in [1.807, 2.05) is 0 Å². The molecule has 0 saturated carbocycles. The van der Waals surface area contributed by atoms with Crippen molar-refractivity contribution in [2.24, 2.45) is 0 Å². The SMILES string of the molecule is CC(=O)c1cc(C(=O)O)n(CCc2noc(C)n2)c1. The van der Waals surface area contributed by atoms with Gasteiger partial charge in [0.05, 0.1) is 0 Å². The number of rotatable bonds is 5. The summed E-state index contributed by atoms with van der Waals surface area (Å²) >= 11 is 0. The van der Waals surface area contributed by atoms with Gasteiger partial charge in [-0.05, 0) is 13.0 Å². The minimum Gasteiger partial charge on any atom is -0.477 e. The van der Waals surface area contributed by atoms with Gasteiger partial charge in [0, 0.05) is 31.6 Å². The van der Waals surface area contributed by atoms with E-state index in [0.717, 1.165) is 0 Å². The minimum atomic E-state index is -1.07. The van der Waals surface area contributed by atoms with Crippen LogP contribution < -0.4 is 0 Å². The Labute approximate surface area is 108 Å². The maximum atomic E-state index is 11.3. The number of hydrogen-bond acceptors (Lipinski definition) is 5. The standard InChI is InChI=1S/C12H13N3O4/c1-7(16)9-5-10(12(17)18)15(6-9)4-3-11-13-8(2)19-14-11/h5-6H,3-4H2,1-2H3,(H,17,18). The number of ketones is 1. The molecule has 0 radical (unpaired) electrons. The second kappa shape index (κ2) is 5.05. The van der Waals surface area contributed by atoms with E-state index in [4.69, 9.17) is 9.63 Å². The minimum absolute atomic E-state index is 0.0745. The predicted octanol–water partition coefficient (Wildman–Crippen LogP) is 1.32. The number of Topliss-reactive ketones (excluding diaryl/α,β-unsaturated/α-hetero) is 1. The number of carboxylic acids is 1. The van der Waals surface area contributed by atoms with Crippen molar-refractivity contribution in [1.29, 1.82) is 0 Å². The summed E-state index contributed by atoms with van der Waals surface area (Å²) in [6, 6.07) is 1.37. The van der Waals surface area contributed by atoms with Crippen LogP contribution in [0.3, 0.4) is 0 Å². The molecule has 0 fully saturated rings. The molecule has 0 atom stereocenters. The summed E-state index contributed by atoms with van der Waals surface area (Å²) in [5.74, 6) is -0.272. The Bertz CT molecular complexity index is 627. The van der Waals surface area contributed by atoms with Crippen molar-refractivity contribution >= 4 is 11.8 Å². The number of carbonyl (C=O) groups excluding carboxylic acids is 1. The van der Waals surface area contributed by atoms with Gasteiger partial charge in [-0.2, -0.15) is 4.98 Å². The molecule has 2 aromatic rings. The highest BCUT2D eigenvalue weighted by molar-refractivity contribution is 5.97. The molecular weight excluding hydrogens is 250 g/mol. The Balaban J connectivity index is 2.18. The lowest BCUT2D eigenvalue weighted by Crippen LogP contribution is -2.09. The smallest absolute Gasteiger partial charge is 0.352 e. The van der Waals surface area contributed by atoms with Crippen LogP contribution in [0.2, 0.25) is 0 Å². The largest absolute Gasteiger partial charge is 0.477 e. The molecule has 1 N–H and O–H groups in total. The molecule has 7 nitrogen and oxygen atoms in total. The lowest BCUT2D eigenvalue weighted by atomic mass is 10.2. The fourth-order valence-electron chi connectivity index (χ4n) is 1.73. The molecule has 19 heavy (non-hydrogen) atoms. The lowest BCUT2D eigenvalue weighted by molar-refractivity contribution is 0.0685. The molecule has 0 aliphatic carbocycles. The highest BCUT2D eigenvalue weighted by atomic mass is 16.5. The van der Waals surface area contributed by atoms with E-state index in [1.54, 1.807) is 6.92 Å². The summed E-state index contributed by atoms with van der Waals surface area (Å²) < 4.78 is 6.34. The van der Waals surface area contributed by atoms with Gasteiger partial charge in [0.2, 0.25) is 5.89 Å². The predicted molar refractivity (Wildman–Crippen MR) is 64.1 cm³/mol. The molecule has 0 spiro atoms. The van der Waals surface area contributed by atoms with Gasteiger partial charge >= 0.3 is 5.97 Å². The molecule has 0 unspecified atom stereocenters. The normalized spacial score (nSPS) is 10.6. The zero-order chi connectivity index (χ0) is 14.0. The van der Waals surface area contributed by atoms with Gasteiger partial charge < -0.3 is 14.2 Å². The molecule has 0 aromatic carbocycles. The number of carbonyl (C=O) groups is 2. The summed E-state index contributed by atoms with van der Waals surface area (Å²) in [6.07, 6.45) is 1.96. The van der Waals surface area contributed by atoms with Crippen molar-refractivity contribution in [2.45, 2.75) is 26.8 Å². The zero-order valence-electron chi connectivity index (χ0n) is 10.6. The number of carboxylic acid groups (broad SMARTS) is 1. The third kappa shape index (κ3) is 2.87. The molecule has 0 bridgehead atoms. The lowest BCUT2D eigenvalue weighted by Gasteiger charge is -2.03. The van der Waals surface area contributed by atoms with Crippen molar-refractivity contribution in [3.8, 4) is 0 Å². The Morgan fingerprint density at radius 2 is 2.21 bits per heavy atom. The van der Waals surface area contributed by atoms with E-state index in [1.165, 1.54) is 23.8 Å². The van der Waals surface area contributed by atoms with Crippen molar-refractivity contribution < 1.29 is 19.2 Å². The monoisotopic (exact) mass is 263 g/mol. The first-order valence-electron chi connectivity index (χ1n) is 5.71. The zero-order valence-corrected chi connectivity index (χ0v) is 10.6. The maximum absolute atomic E-state index is 11.3. The van der Waals surface area contributed by atoms with Gasteiger partial charge in [0.1, 0.15) is 5.69 Å². The van der Waals surface area contributed by atoms with Crippen LogP contribution in [0, 0.1) is 6.92 Å². The number of nitrogens with zero attached hydrogens (tertiary/aromatic N) is 3. The van der Waals surface area contributed by atoms with Crippen molar-refractivity contribution in [1.82, 2.24) is 14.7 Å². The van der Waals surface area contributed by atoms with Gasteiger partial charge in [0.25, 0.3) is 0 Å². The second-order valence-corrected chi connectivity index (χ2v) is 4.15. The Kier molecular flexibility index (Phi) is 3.46. The summed E-state index contributed by atoms with van der Waals surface area (Å²) in [7, 11) is 0. The average molecular weight is 263 g/mol. The molecule has 0 saturated heterocycles. The second-order valence-electron chi connectivity index (χ2n) is 4.15. The molecule has 2 rings (SSSR count). The van der Waals surface area contributed by atoms with Crippen LogP contribution in [0.1, 0.15) is 39.5 Å². The van der Waals surface area contributed by atoms with Crippen LogP contribution in [-0.4, -0.2) is 31.6 Å². The quantitative estimate of drug-likeness (QED) is 0.817. The summed E-state index contributed by atoms with van der Waals surface area (Å²) in [5.41, 5.74) is 0.451.